The van der Waals surface area contributed by atoms with E-state index >= 15 is 0 Å². The van der Waals surface area contributed by atoms with Crippen LogP contribution in [0.25, 0.3) is 10.8 Å². The van der Waals surface area contributed by atoms with Crippen LogP contribution in [0, 0.1) is 5.92 Å². The standard InChI is InChI=1S/C16H19NO3/c1-10(9-18)11(2)17-15-8-7-14(16(19)20)12-5-3-4-6-13(12)15/h3-8,10-11,17-18H,9H2,1-2H3,(H,19,20). The van der Waals surface area contributed by atoms with Gasteiger partial charge in [-0.05, 0) is 30.4 Å². The lowest BCUT2D eigenvalue weighted by molar-refractivity contribution is 0.0699. The molecule has 0 aromatic heterocycles. The van der Waals surface area contributed by atoms with Gasteiger partial charge >= 0.3 is 5.97 Å². The molecule has 106 valence electrons. The van der Waals surface area contributed by atoms with Gasteiger partial charge in [0.25, 0.3) is 0 Å². The summed E-state index contributed by atoms with van der Waals surface area (Å²) in [6, 6.07) is 10.9. The normalized spacial score (nSPS) is 13.9. The molecule has 2 unspecified atom stereocenters. The summed E-state index contributed by atoms with van der Waals surface area (Å²) >= 11 is 0. The summed E-state index contributed by atoms with van der Waals surface area (Å²) in [7, 11) is 0. The fourth-order valence-corrected chi connectivity index (χ4v) is 2.16. The van der Waals surface area contributed by atoms with E-state index in [1.807, 2.05) is 38.1 Å². The van der Waals surface area contributed by atoms with Crippen LogP contribution in [0.4, 0.5) is 5.69 Å². The van der Waals surface area contributed by atoms with Gasteiger partial charge in [-0.25, -0.2) is 4.79 Å². The lowest BCUT2D eigenvalue weighted by atomic mass is 10.0. The third kappa shape index (κ3) is 2.75. The average molecular weight is 273 g/mol. The van der Waals surface area contributed by atoms with Crippen molar-refractivity contribution in [3.8, 4) is 0 Å². The number of rotatable bonds is 5. The summed E-state index contributed by atoms with van der Waals surface area (Å²) in [5.74, 6) is -0.808. The van der Waals surface area contributed by atoms with Gasteiger partial charge in [0.15, 0.2) is 0 Å². The SMILES string of the molecule is CC(CO)C(C)Nc1ccc(C(=O)O)c2ccccc12. The summed E-state index contributed by atoms with van der Waals surface area (Å²) in [6.45, 7) is 4.07. The van der Waals surface area contributed by atoms with Crippen molar-refractivity contribution in [2.75, 3.05) is 11.9 Å². The summed E-state index contributed by atoms with van der Waals surface area (Å²) < 4.78 is 0. The third-order valence-corrected chi connectivity index (χ3v) is 3.68. The van der Waals surface area contributed by atoms with E-state index in [0.29, 0.717) is 10.9 Å². The summed E-state index contributed by atoms with van der Waals surface area (Å²) in [6.07, 6.45) is 0. The lowest BCUT2D eigenvalue weighted by Gasteiger charge is -2.22. The van der Waals surface area contributed by atoms with Crippen molar-refractivity contribution < 1.29 is 15.0 Å². The average Bonchev–Trinajstić information content (AvgIpc) is 2.46. The number of hydrogen-bond acceptors (Lipinski definition) is 3. The van der Waals surface area contributed by atoms with Crippen LogP contribution in [0.2, 0.25) is 0 Å². The van der Waals surface area contributed by atoms with E-state index < -0.39 is 5.97 Å². The number of anilines is 1. The molecule has 2 aromatic rings. The first kappa shape index (κ1) is 14.3. The summed E-state index contributed by atoms with van der Waals surface area (Å²) in [5.41, 5.74) is 1.19. The molecule has 0 amide bonds. The number of aliphatic hydroxyl groups excluding tert-OH is 1. The number of carboxylic acid groups (broad SMARTS) is 1. The van der Waals surface area contributed by atoms with Crippen molar-refractivity contribution in [3.63, 3.8) is 0 Å². The molecule has 4 nitrogen and oxygen atoms in total. The molecule has 0 heterocycles. The maximum Gasteiger partial charge on any atom is 0.336 e. The van der Waals surface area contributed by atoms with Crippen LogP contribution in [-0.2, 0) is 0 Å². The van der Waals surface area contributed by atoms with Gasteiger partial charge in [0.1, 0.15) is 0 Å². The number of carboxylic acids is 1. The van der Waals surface area contributed by atoms with E-state index in [0.717, 1.165) is 11.1 Å². The number of nitrogens with one attached hydrogen (secondary N) is 1. The smallest absolute Gasteiger partial charge is 0.336 e. The van der Waals surface area contributed by atoms with Gasteiger partial charge < -0.3 is 15.5 Å². The molecule has 2 atom stereocenters. The molecule has 2 aromatic carbocycles. The molecular weight excluding hydrogens is 254 g/mol. The predicted octanol–water partition coefficient (Wildman–Crippen LogP) is 2.97. The minimum Gasteiger partial charge on any atom is -0.478 e. The number of fused-ring (bicyclic) bond motifs is 1. The molecule has 0 radical (unpaired) electrons. The van der Waals surface area contributed by atoms with E-state index in [2.05, 4.69) is 5.32 Å². The molecule has 0 fully saturated rings. The van der Waals surface area contributed by atoms with Crippen LogP contribution in [0.15, 0.2) is 36.4 Å². The Morgan fingerprint density at radius 3 is 2.40 bits per heavy atom. The molecule has 20 heavy (non-hydrogen) atoms. The molecule has 2 rings (SSSR count). The number of carbonyl (C=O) groups is 1. The molecule has 0 aliphatic carbocycles. The van der Waals surface area contributed by atoms with Crippen LogP contribution >= 0.6 is 0 Å². The summed E-state index contributed by atoms with van der Waals surface area (Å²) in [5, 5.41) is 23.4. The maximum atomic E-state index is 11.2. The van der Waals surface area contributed by atoms with E-state index in [1.54, 1.807) is 12.1 Å². The van der Waals surface area contributed by atoms with E-state index in [9.17, 15) is 15.0 Å². The van der Waals surface area contributed by atoms with Crippen LogP contribution in [0.1, 0.15) is 24.2 Å². The van der Waals surface area contributed by atoms with Crippen molar-refractivity contribution in [3.05, 3.63) is 42.0 Å². The van der Waals surface area contributed by atoms with Gasteiger partial charge in [0.05, 0.1) is 5.56 Å². The fraction of sp³-hybridized carbons (Fsp3) is 0.312. The number of aliphatic hydroxyl groups is 1. The fourth-order valence-electron chi connectivity index (χ4n) is 2.16. The van der Waals surface area contributed by atoms with Gasteiger partial charge in [0.2, 0.25) is 0 Å². The highest BCUT2D eigenvalue weighted by Gasteiger charge is 2.14. The minimum absolute atomic E-state index is 0.0964. The van der Waals surface area contributed by atoms with Gasteiger partial charge in [0, 0.05) is 23.7 Å². The van der Waals surface area contributed by atoms with E-state index in [-0.39, 0.29) is 18.6 Å². The minimum atomic E-state index is -0.926. The molecule has 0 saturated carbocycles. The predicted molar refractivity (Wildman–Crippen MR) is 80.2 cm³/mol. The topological polar surface area (TPSA) is 69.6 Å². The zero-order chi connectivity index (χ0) is 14.7. The molecule has 0 saturated heterocycles. The van der Waals surface area contributed by atoms with Crippen LogP contribution < -0.4 is 5.32 Å². The Labute approximate surface area is 118 Å². The zero-order valence-corrected chi connectivity index (χ0v) is 11.6. The molecule has 0 aliphatic rings. The van der Waals surface area contributed by atoms with Crippen molar-refractivity contribution in [1.29, 1.82) is 0 Å². The zero-order valence-electron chi connectivity index (χ0n) is 11.6. The Hall–Kier alpha value is -2.07. The van der Waals surface area contributed by atoms with Gasteiger partial charge in [-0.15, -0.1) is 0 Å². The Morgan fingerprint density at radius 1 is 1.15 bits per heavy atom. The molecule has 4 heteroatoms. The molecule has 0 spiro atoms. The van der Waals surface area contributed by atoms with Crippen LogP contribution in [0.3, 0.4) is 0 Å². The first-order valence-electron chi connectivity index (χ1n) is 6.67. The number of aromatic carboxylic acids is 1. The van der Waals surface area contributed by atoms with Crippen molar-refractivity contribution in [2.45, 2.75) is 19.9 Å². The molecule has 0 aliphatic heterocycles. The lowest BCUT2D eigenvalue weighted by Crippen LogP contribution is -2.26. The van der Waals surface area contributed by atoms with E-state index in [4.69, 9.17) is 0 Å². The van der Waals surface area contributed by atoms with Gasteiger partial charge in [-0.2, -0.15) is 0 Å². The first-order valence-corrected chi connectivity index (χ1v) is 6.67. The second-order valence-electron chi connectivity index (χ2n) is 5.10. The molecular formula is C16H19NO3. The maximum absolute atomic E-state index is 11.2. The third-order valence-electron chi connectivity index (χ3n) is 3.68. The molecule has 3 N–H and O–H groups in total. The van der Waals surface area contributed by atoms with Gasteiger partial charge in [-0.3, -0.25) is 0 Å². The summed E-state index contributed by atoms with van der Waals surface area (Å²) in [4.78, 5) is 11.2. The van der Waals surface area contributed by atoms with Gasteiger partial charge in [-0.1, -0.05) is 31.2 Å². The Morgan fingerprint density at radius 2 is 1.80 bits per heavy atom. The highest BCUT2D eigenvalue weighted by atomic mass is 16.4. The quantitative estimate of drug-likeness (QED) is 0.783. The Bertz CT molecular complexity index is 624. The monoisotopic (exact) mass is 273 g/mol. The second kappa shape index (κ2) is 5.92. The van der Waals surface area contributed by atoms with Crippen LogP contribution in [0.5, 0.6) is 0 Å². The second-order valence-corrected chi connectivity index (χ2v) is 5.10. The van der Waals surface area contributed by atoms with Crippen molar-refractivity contribution in [1.82, 2.24) is 0 Å². The first-order chi connectivity index (χ1) is 9.54. The Balaban J connectivity index is 2.46. The number of benzene rings is 2. The largest absolute Gasteiger partial charge is 0.478 e. The number of hydrogen-bond donors (Lipinski definition) is 3. The van der Waals surface area contributed by atoms with E-state index in [1.165, 1.54) is 0 Å². The van der Waals surface area contributed by atoms with Crippen molar-refractivity contribution >= 4 is 22.4 Å². The highest BCUT2D eigenvalue weighted by molar-refractivity contribution is 6.07. The van der Waals surface area contributed by atoms with Crippen molar-refractivity contribution in [2.24, 2.45) is 5.92 Å². The highest BCUT2D eigenvalue weighted by Crippen LogP contribution is 2.28. The molecule has 0 bridgehead atoms. The Kier molecular flexibility index (Phi) is 4.25. The van der Waals surface area contributed by atoms with Crippen LogP contribution in [-0.4, -0.2) is 28.8 Å².